The lowest BCUT2D eigenvalue weighted by molar-refractivity contribution is -0.118. The highest BCUT2D eigenvalue weighted by Crippen LogP contribution is 2.34. The Kier molecular flexibility index (Phi) is 9.25. The summed E-state index contributed by atoms with van der Waals surface area (Å²) in [7, 11) is 0. The van der Waals surface area contributed by atoms with E-state index >= 15 is 0 Å². The average molecular weight is 622 g/mol. The second kappa shape index (κ2) is 12.4. The minimum Gasteiger partial charge on any atom is -0.490 e. The van der Waals surface area contributed by atoms with Crippen molar-refractivity contribution in [2.45, 2.75) is 6.92 Å². The molecule has 0 unspecified atom stereocenters. The number of anilines is 1. The normalized spacial score (nSPS) is 10.6. The number of hydrogen-bond acceptors (Lipinski definition) is 5. The molecule has 0 atom stereocenters. The Balaban J connectivity index is 1.65. The number of amides is 2. The first kappa shape index (κ1) is 24.7. The molecule has 0 heterocycles. The van der Waals surface area contributed by atoms with Gasteiger partial charge in [0.05, 0.1) is 16.4 Å². The molecule has 170 valence electrons. The van der Waals surface area contributed by atoms with E-state index in [1.54, 1.807) is 42.5 Å². The maximum atomic E-state index is 12.2. The number of rotatable bonds is 9. The minimum atomic E-state index is -0.317. The quantitative estimate of drug-likeness (QED) is 0.194. The molecule has 0 aliphatic rings. The molecule has 2 N–H and O–H groups in total. The molecule has 3 aromatic rings. The first-order chi connectivity index (χ1) is 16.0. The molecule has 0 bridgehead atoms. The standard InChI is InChI=1S/C24H21BrIN3O4/c1-2-32-21-13-16(14-27-29-24(31)17-8-10-18(25)11-9-17)12-20(26)23(21)33-15-22(30)28-19-6-4-3-5-7-19/h3-14H,2,15H2,1H3,(H,28,30)(H,29,31)/b27-14+. The summed E-state index contributed by atoms with van der Waals surface area (Å²) in [6.07, 6.45) is 1.52. The number of benzene rings is 3. The number of carbonyl (C=O) groups is 2. The van der Waals surface area contributed by atoms with E-state index in [0.29, 0.717) is 34.9 Å². The molecule has 0 spiro atoms. The van der Waals surface area contributed by atoms with Crippen LogP contribution in [0.15, 0.2) is 76.3 Å². The second-order valence-electron chi connectivity index (χ2n) is 6.67. The number of hydrogen-bond donors (Lipinski definition) is 2. The van der Waals surface area contributed by atoms with E-state index in [-0.39, 0.29) is 18.4 Å². The molecule has 7 nitrogen and oxygen atoms in total. The van der Waals surface area contributed by atoms with Crippen molar-refractivity contribution < 1.29 is 19.1 Å². The van der Waals surface area contributed by atoms with Crippen LogP contribution in [-0.4, -0.2) is 31.2 Å². The second-order valence-corrected chi connectivity index (χ2v) is 8.75. The fourth-order valence-corrected chi connectivity index (χ4v) is 3.80. The van der Waals surface area contributed by atoms with Crippen LogP contribution in [0.25, 0.3) is 0 Å². The van der Waals surface area contributed by atoms with Crippen LogP contribution in [0.1, 0.15) is 22.8 Å². The Hall–Kier alpha value is -2.92. The summed E-state index contributed by atoms with van der Waals surface area (Å²) >= 11 is 5.45. The number of carbonyl (C=O) groups excluding carboxylic acids is 2. The van der Waals surface area contributed by atoms with Gasteiger partial charge in [-0.05, 0) is 83.6 Å². The fourth-order valence-electron chi connectivity index (χ4n) is 2.75. The third kappa shape index (κ3) is 7.57. The van der Waals surface area contributed by atoms with Crippen molar-refractivity contribution in [2.24, 2.45) is 5.10 Å². The van der Waals surface area contributed by atoms with Gasteiger partial charge < -0.3 is 14.8 Å². The van der Waals surface area contributed by atoms with Crippen LogP contribution in [0, 0.1) is 3.57 Å². The first-order valence-corrected chi connectivity index (χ1v) is 11.9. The highest BCUT2D eigenvalue weighted by Gasteiger charge is 2.14. The Bertz CT molecular complexity index is 1140. The molecule has 3 aromatic carbocycles. The van der Waals surface area contributed by atoms with Gasteiger partial charge in [0.1, 0.15) is 0 Å². The van der Waals surface area contributed by atoms with Gasteiger partial charge in [0.15, 0.2) is 18.1 Å². The summed E-state index contributed by atoms with van der Waals surface area (Å²) in [5, 5.41) is 6.81. The highest BCUT2D eigenvalue weighted by atomic mass is 127. The number of hydrazone groups is 1. The highest BCUT2D eigenvalue weighted by molar-refractivity contribution is 14.1. The van der Waals surface area contributed by atoms with E-state index in [9.17, 15) is 9.59 Å². The number of ether oxygens (including phenoxy) is 2. The zero-order valence-corrected chi connectivity index (χ0v) is 21.4. The van der Waals surface area contributed by atoms with E-state index in [0.717, 1.165) is 8.04 Å². The molecule has 0 saturated carbocycles. The molecule has 0 saturated heterocycles. The number of para-hydroxylation sites is 1. The predicted octanol–water partition coefficient (Wildman–Crippen LogP) is 5.23. The van der Waals surface area contributed by atoms with Crippen molar-refractivity contribution in [3.63, 3.8) is 0 Å². The molecule has 33 heavy (non-hydrogen) atoms. The SMILES string of the molecule is CCOc1cc(/C=N/NC(=O)c2ccc(Br)cc2)cc(I)c1OCC(=O)Nc1ccccc1. The molecule has 0 fully saturated rings. The molecular formula is C24H21BrIN3O4. The van der Waals surface area contributed by atoms with E-state index in [1.165, 1.54) is 6.21 Å². The lowest BCUT2D eigenvalue weighted by Gasteiger charge is -2.14. The van der Waals surface area contributed by atoms with Gasteiger partial charge in [0.25, 0.3) is 11.8 Å². The van der Waals surface area contributed by atoms with Gasteiger partial charge in [-0.15, -0.1) is 0 Å². The maximum Gasteiger partial charge on any atom is 0.271 e. The van der Waals surface area contributed by atoms with Crippen LogP contribution >= 0.6 is 38.5 Å². The van der Waals surface area contributed by atoms with Crippen LogP contribution in [0.3, 0.4) is 0 Å². The molecule has 0 aliphatic carbocycles. The van der Waals surface area contributed by atoms with Gasteiger partial charge in [-0.3, -0.25) is 9.59 Å². The summed E-state index contributed by atoms with van der Waals surface area (Å²) < 4.78 is 13.1. The molecule has 2 amide bonds. The maximum absolute atomic E-state index is 12.2. The van der Waals surface area contributed by atoms with Gasteiger partial charge in [0.2, 0.25) is 0 Å². The molecular weight excluding hydrogens is 601 g/mol. The van der Waals surface area contributed by atoms with E-state index in [2.05, 4.69) is 54.4 Å². The molecule has 0 aliphatic heterocycles. The van der Waals surface area contributed by atoms with Crippen LogP contribution in [-0.2, 0) is 4.79 Å². The molecule has 0 aromatic heterocycles. The topological polar surface area (TPSA) is 89.0 Å². The van der Waals surface area contributed by atoms with Crippen molar-refractivity contribution in [3.8, 4) is 11.5 Å². The van der Waals surface area contributed by atoms with Gasteiger partial charge in [0, 0.05) is 15.7 Å². The Morgan fingerprint density at radius 3 is 2.48 bits per heavy atom. The fraction of sp³-hybridized carbons (Fsp3) is 0.125. The Labute approximate surface area is 213 Å². The average Bonchev–Trinajstić information content (AvgIpc) is 2.80. The van der Waals surface area contributed by atoms with Gasteiger partial charge >= 0.3 is 0 Å². The number of nitrogens with zero attached hydrogens (tertiary/aromatic N) is 1. The van der Waals surface area contributed by atoms with Gasteiger partial charge in [-0.25, -0.2) is 5.43 Å². The van der Waals surface area contributed by atoms with Crippen molar-refractivity contribution in [3.05, 3.63) is 85.9 Å². The van der Waals surface area contributed by atoms with Crippen molar-refractivity contribution >= 4 is 62.2 Å². The molecule has 0 radical (unpaired) electrons. The largest absolute Gasteiger partial charge is 0.490 e. The van der Waals surface area contributed by atoms with E-state index in [1.807, 2.05) is 31.2 Å². The van der Waals surface area contributed by atoms with E-state index in [4.69, 9.17) is 9.47 Å². The summed E-state index contributed by atoms with van der Waals surface area (Å²) in [4.78, 5) is 24.4. The van der Waals surface area contributed by atoms with E-state index < -0.39 is 0 Å². The van der Waals surface area contributed by atoms with Crippen molar-refractivity contribution in [1.82, 2.24) is 5.43 Å². The summed E-state index contributed by atoms with van der Waals surface area (Å²) in [5.41, 5.74) is 4.41. The van der Waals surface area contributed by atoms with Crippen LogP contribution in [0.5, 0.6) is 11.5 Å². The number of nitrogens with one attached hydrogen (secondary N) is 2. The summed E-state index contributed by atoms with van der Waals surface area (Å²) in [5.74, 6) is 0.359. The van der Waals surface area contributed by atoms with Crippen molar-refractivity contribution in [2.75, 3.05) is 18.5 Å². The third-order valence-electron chi connectivity index (χ3n) is 4.22. The molecule has 9 heteroatoms. The Morgan fingerprint density at radius 2 is 1.79 bits per heavy atom. The van der Waals surface area contributed by atoms with Crippen LogP contribution < -0.4 is 20.2 Å². The lowest BCUT2D eigenvalue weighted by atomic mass is 10.2. The number of halogens is 2. The lowest BCUT2D eigenvalue weighted by Crippen LogP contribution is -2.20. The Morgan fingerprint density at radius 1 is 1.06 bits per heavy atom. The minimum absolute atomic E-state index is 0.165. The smallest absolute Gasteiger partial charge is 0.271 e. The zero-order chi connectivity index (χ0) is 23.6. The molecule has 3 rings (SSSR count). The van der Waals surface area contributed by atoms with Crippen LogP contribution in [0.4, 0.5) is 5.69 Å². The third-order valence-corrected chi connectivity index (χ3v) is 5.55. The van der Waals surface area contributed by atoms with Crippen LogP contribution in [0.2, 0.25) is 0 Å². The van der Waals surface area contributed by atoms with Gasteiger partial charge in [-0.2, -0.15) is 5.10 Å². The zero-order valence-electron chi connectivity index (χ0n) is 17.7. The van der Waals surface area contributed by atoms with Gasteiger partial charge in [-0.1, -0.05) is 34.1 Å². The summed E-state index contributed by atoms with van der Waals surface area (Å²) in [6.45, 7) is 2.11. The summed E-state index contributed by atoms with van der Waals surface area (Å²) in [6, 6.07) is 19.7. The predicted molar refractivity (Wildman–Crippen MR) is 140 cm³/mol. The van der Waals surface area contributed by atoms with Crippen molar-refractivity contribution in [1.29, 1.82) is 0 Å². The monoisotopic (exact) mass is 621 g/mol. The first-order valence-electron chi connectivity index (χ1n) is 9.99.